The van der Waals surface area contributed by atoms with Crippen molar-refractivity contribution in [2.24, 2.45) is 5.92 Å². The Hall–Kier alpha value is -2.99. The molecule has 2 aromatic carbocycles. The molecule has 30 heavy (non-hydrogen) atoms. The van der Waals surface area contributed by atoms with Gasteiger partial charge in [-0.2, -0.15) is 0 Å². The Balaban J connectivity index is 1.57. The third-order valence-corrected chi connectivity index (χ3v) is 5.49. The number of piperazine rings is 1. The minimum atomic E-state index is -0.916. The van der Waals surface area contributed by atoms with E-state index in [-0.39, 0.29) is 11.8 Å². The number of hydrogen-bond donors (Lipinski definition) is 1. The Morgan fingerprint density at radius 2 is 1.63 bits per heavy atom. The molecule has 3 aromatic rings. The van der Waals surface area contributed by atoms with Crippen LogP contribution in [0, 0.1) is 5.92 Å². The van der Waals surface area contributed by atoms with E-state index in [1.54, 1.807) is 4.90 Å². The molecule has 0 spiro atoms. The monoisotopic (exact) mass is 404 g/mol. The molecule has 4 rings (SSSR count). The third-order valence-electron chi connectivity index (χ3n) is 5.49. The summed E-state index contributed by atoms with van der Waals surface area (Å²) in [5.41, 5.74) is 1.89. The lowest BCUT2D eigenvalue weighted by molar-refractivity contribution is -0.141. The zero-order valence-corrected chi connectivity index (χ0v) is 17.5. The van der Waals surface area contributed by atoms with Crippen molar-refractivity contribution >= 4 is 22.6 Å². The van der Waals surface area contributed by atoms with E-state index in [0.717, 1.165) is 22.3 Å². The average Bonchev–Trinajstić information content (AvgIpc) is 2.78. The number of aromatic nitrogens is 2. The second-order valence-electron chi connectivity index (χ2n) is 8.21. The standard InChI is InChI=1S/C24H28N4O2/c1-17(2)16-21(29)24(30)28-14-12-27(13-15-28)23-19-10-6-7-11-20(19)25-22(26-23)18-8-4-3-5-9-18/h3-11,17,21,29H,12-16H2,1-2H3. The van der Waals surface area contributed by atoms with Crippen LogP contribution >= 0.6 is 0 Å². The van der Waals surface area contributed by atoms with Gasteiger partial charge in [-0.15, -0.1) is 0 Å². The molecular formula is C24H28N4O2. The molecule has 0 aliphatic carbocycles. The highest BCUT2D eigenvalue weighted by molar-refractivity contribution is 5.91. The van der Waals surface area contributed by atoms with Crippen LogP contribution < -0.4 is 4.90 Å². The number of fused-ring (bicyclic) bond motifs is 1. The fourth-order valence-electron chi connectivity index (χ4n) is 3.91. The smallest absolute Gasteiger partial charge is 0.251 e. The van der Waals surface area contributed by atoms with Crippen molar-refractivity contribution in [3.8, 4) is 11.4 Å². The number of aliphatic hydroxyl groups excluding tert-OH is 1. The molecule has 1 aliphatic rings. The first-order chi connectivity index (χ1) is 14.5. The largest absolute Gasteiger partial charge is 0.383 e. The van der Waals surface area contributed by atoms with Gasteiger partial charge in [0.25, 0.3) is 5.91 Å². The summed E-state index contributed by atoms with van der Waals surface area (Å²) in [6.07, 6.45) is -0.420. The molecule has 1 unspecified atom stereocenters. The fraction of sp³-hybridized carbons (Fsp3) is 0.375. The lowest BCUT2D eigenvalue weighted by Crippen LogP contribution is -2.52. The van der Waals surface area contributed by atoms with Gasteiger partial charge < -0.3 is 14.9 Å². The van der Waals surface area contributed by atoms with Crippen LogP contribution in [-0.2, 0) is 4.79 Å². The normalized spacial score (nSPS) is 15.6. The van der Waals surface area contributed by atoms with E-state index < -0.39 is 6.10 Å². The van der Waals surface area contributed by atoms with E-state index in [1.807, 2.05) is 68.4 Å². The maximum absolute atomic E-state index is 12.6. The van der Waals surface area contributed by atoms with Crippen molar-refractivity contribution in [3.05, 3.63) is 54.6 Å². The van der Waals surface area contributed by atoms with Gasteiger partial charge in [0, 0.05) is 37.1 Å². The minimum absolute atomic E-state index is 0.166. The molecule has 1 aromatic heterocycles. The highest BCUT2D eigenvalue weighted by atomic mass is 16.3. The second kappa shape index (κ2) is 8.79. The Bertz CT molecular complexity index is 1010. The number of amides is 1. The van der Waals surface area contributed by atoms with Gasteiger partial charge >= 0.3 is 0 Å². The van der Waals surface area contributed by atoms with Gasteiger partial charge in [0.2, 0.25) is 0 Å². The molecule has 1 fully saturated rings. The summed E-state index contributed by atoms with van der Waals surface area (Å²) in [6, 6.07) is 18.0. The highest BCUT2D eigenvalue weighted by Gasteiger charge is 2.28. The summed E-state index contributed by atoms with van der Waals surface area (Å²) in [7, 11) is 0. The molecule has 1 saturated heterocycles. The molecule has 156 valence electrons. The first-order valence-electron chi connectivity index (χ1n) is 10.6. The number of rotatable bonds is 5. The van der Waals surface area contributed by atoms with Crippen LogP contribution in [0.5, 0.6) is 0 Å². The number of carbonyl (C=O) groups excluding carboxylic acids is 1. The zero-order valence-electron chi connectivity index (χ0n) is 17.5. The quantitative estimate of drug-likeness (QED) is 0.706. The van der Waals surface area contributed by atoms with E-state index in [9.17, 15) is 9.90 Å². The van der Waals surface area contributed by atoms with Crippen molar-refractivity contribution < 1.29 is 9.90 Å². The van der Waals surface area contributed by atoms with Crippen molar-refractivity contribution in [2.45, 2.75) is 26.4 Å². The van der Waals surface area contributed by atoms with E-state index in [0.29, 0.717) is 38.4 Å². The fourth-order valence-corrected chi connectivity index (χ4v) is 3.91. The summed E-state index contributed by atoms with van der Waals surface area (Å²) in [5, 5.41) is 11.2. The lowest BCUT2D eigenvalue weighted by Gasteiger charge is -2.37. The summed E-state index contributed by atoms with van der Waals surface area (Å²) in [6.45, 7) is 6.53. The number of anilines is 1. The molecule has 0 bridgehead atoms. The zero-order chi connectivity index (χ0) is 21.1. The summed E-state index contributed by atoms with van der Waals surface area (Å²) >= 11 is 0. The molecule has 6 heteroatoms. The van der Waals surface area contributed by atoms with E-state index in [1.165, 1.54) is 0 Å². The van der Waals surface area contributed by atoms with Gasteiger partial charge in [0.15, 0.2) is 5.82 Å². The molecule has 6 nitrogen and oxygen atoms in total. The number of hydrogen-bond acceptors (Lipinski definition) is 5. The Kier molecular flexibility index (Phi) is 5.95. The average molecular weight is 405 g/mol. The van der Waals surface area contributed by atoms with Crippen molar-refractivity contribution in [2.75, 3.05) is 31.1 Å². The van der Waals surface area contributed by atoms with E-state index in [4.69, 9.17) is 9.97 Å². The molecular weight excluding hydrogens is 376 g/mol. The predicted molar refractivity (Wildman–Crippen MR) is 119 cm³/mol. The van der Waals surface area contributed by atoms with Gasteiger partial charge in [0.05, 0.1) is 5.52 Å². The SMILES string of the molecule is CC(C)CC(O)C(=O)N1CCN(c2nc(-c3ccccc3)nc3ccccc23)CC1. The summed E-state index contributed by atoms with van der Waals surface area (Å²) in [5.74, 6) is 1.72. The van der Waals surface area contributed by atoms with E-state index in [2.05, 4.69) is 4.90 Å². The lowest BCUT2D eigenvalue weighted by atomic mass is 10.0. The van der Waals surface area contributed by atoms with Crippen LogP contribution in [0.4, 0.5) is 5.82 Å². The first-order valence-corrected chi connectivity index (χ1v) is 10.6. The van der Waals surface area contributed by atoms with Gasteiger partial charge in [-0.05, 0) is 24.5 Å². The topological polar surface area (TPSA) is 69.6 Å². The molecule has 1 N–H and O–H groups in total. The summed E-state index contributed by atoms with van der Waals surface area (Å²) < 4.78 is 0. The maximum atomic E-state index is 12.6. The maximum Gasteiger partial charge on any atom is 0.251 e. The molecule has 0 saturated carbocycles. The van der Waals surface area contributed by atoms with Crippen molar-refractivity contribution in [1.29, 1.82) is 0 Å². The van der Waals surface area contributed by atoms with Gasteiger partial charge in [0.1, 0.15) is 11.9 Å². The first kappa shape index (κ1) is 20.3. The number of benzene rings is 2. The van der Waals surface area contributed by atoms with Crippen LogP contribution in [0.3, 0.4) is 0 Å². The van der Waals surface area contributed by atoms with Crippen molar-refractivity contribution in [1.82, 2.24) is 14.9 Å². The van der Waals surface area contributed by atoms with Crippen LogP contribution in [0.1, 0.15) is 20.3 Å². The highest BCUT2D eigenvalue weighted by Crippen LogP contribution is 2.28. The molecule has 0 radical (unpaired) electrons. The van der Waals surface area contributed by atoms with Crippen LogP contribution in [-0.4, -0.2) is 58.2 Å². The predicted octanol–water partition coefficient (Wildman–Crippen LogP) is 3.35. The Labute approximate surface area is 177 Å². The van der Waals surface area contributed by atoms with Gasteiger partial charge in [-0.3, -0.25) is 4.79 Å². The Morgan fingerprint density at radius 3 is 2.33 bits per heavy atom. The number of carbonyl (C=O) groups is 1. The van der Waals surface area contributed by atoms with Gasteiger partial charge in [-0.1, -0.05) is 56.3 Å². The van der Waals surface area contributed by atoms with Crippen LogP contribution in [0.2, 0.25) is 0 Å². The van der Waals surface area contributed by atoms with Crippen LogP contribution in [0.25, 0.3) is 22.3 Å². The molecule has 1 aliphatic heterocycles. The van der Waals surface area contributed by atoms with Gasteiger partial charge in [-0.25, -0.2) is 9.97 Å². The Morgan fingerprint density at radius 1 is 0.967 bits per heavy atom. The van der Waals surface area contributed by atoms with Crippen molar-refractivity contribution in [3.63, 3.8) is 0 Å². The van der Waals surface area contributed by atoms with Crippen LogP contribution in [0.15, 0.2) is 54.6 Å². The molecule has 2 heterocycles. The second-order valence-corrected chi connectivity index (χ2v) is 8.21. The number of nitrogens with zero attached hydrogens (tertiary/aromatic N) is 4. The molecule has 1 amide bonds. The third kappa shape index (κ3) is 4.28. The summed E-state index contributed by atoms with van der Waals surface area (Å²) in [4.78, 5) is 26.2. The minimum Gasteiger partial charge on any atom is -0.383 e. The van der Waals surface area contributed by atoms with E-state index >= 15 is 0 Å². The number of aliphatic hydroxyl groups is 1. The number of para-hydroxylation sites is 1. The molecule has 1 atom stereocenters.